The lowest BCUT2D eigenvalue weighted by Gasteiger charge is -2.23. The second-order valence-corrected chi connectivity index (χ2v) is 5.09. The molecule has 0 saturated carbocycles. The van der Waals surface area contributed by atoms with Crippen LogP contribution in [0.5, 0.6) is 23.0 Å². The van der Waals surface area contributed by atoms with E-state index in [2.05, 4.69) is 26.0 Å². The molecule has 84 valence electrons. The van der Waals surface area contributed by atoms with Crippen molar-refractivity contribution >= 4 is 0 Å². The van der Waals surface area contributed by atoms with E-state index in [9.17, 15) is 0 Å². The molecule has 4 rings (SSSR count). The zero-order chi connectivity index (χ0) is 11.6. The normalized spacial score (nSPS) is 14.2. The van der Waals surface area contributed by atoms with Crippen LogP contribution < -0.4 is 9.47 Å². The number of para-hydroxylation sites is 2. The molecular weight excluding hydrogens is 212 g/mol. The van der Waals surface area contributed by atoms with Crippen molar-refractivity contribution in [2.45, 2.75) is 19.3 Å². The van der Waals surface area contributed by atoms with E-state index in [-0.39, 0.29) is 5.41 Å². The molecule has 0 radical (unpaired) electrons. The fourth-order valence-electron chi connectivity index (χ4n) is 2.51. The predicted molar refractivity (Wildman–Crippen MR) is 65.2 cm³/mol. The Balaban J connectivity index is 1.89. The fourth-order valence-corrected chi connectivity index (χ4v) is 2.51. The van der Waals surface area contributed by atoms with Gasteiger partial charge >= 0.3 is 0 Å². The highest BCUT2D eigenvalue weighted by molar-refractivity contribution is 5.68. The summed E-state index contributed by atoms with van der Waals surface area (Å²) in [6.07, 6.45) is 0. The van der Waals surface area contributed by atoms with E-state index in [0.29, 0.717) is 0 Å². The van der Waals surface area contributed by atoms with E-state index in [1.54, 1.807) is 0 Å². The largest absolute Gasteiger partial charge is 0.449 e. The minimum Gasteiger partial charge on any atom is -0.449 e. The zero-order valence-electron chi connectivity index (χ0n) is 9.78. The number of hydrogen-bond acceptors (Lipinski definition) is 2. The molecule has 2 nitrogen and oxygen atoms in total. The summed E-state index contributed by atoms with van der Waals surface area (Å²) in [5.41, 5.74) is 2.39. The molecule has 0 bridgehead atoms. The van der Waals surface area contributed by atoms with Crippen LogP contribution in [-0.4, -0.2) is 0 Å². The fraction of sp³-hybridized carbons (Fsp3) is 0.200. The maximum Gasteiger partial charge on any atom is 0.174 e. The topological polar surface area (TPSA) is 25.1 Å². The Morgan fingerprint density at radius 1 is 0.765 bits per heavy atom. The summed E-state index contributed by atoms with van der Waals surface area (Å²) in [5, 5.41) is 0. The van der Waals surface area contributed by atoms with Gasteiger partial charge in [0.2, 0.25) is 0 Å². The van der Waals surface area contributed by atoms with Crippen molar-refractivity contribution in [1.82, 2.24) is 0 Å². The number of rotatable bonds is 2. The third kappa shape index (κ3) is 1.15. The molecule has 0 aromatic heterocycles. The highest BCUT2D eigenvalue weighted by Gasteiger charge is 2.39. The molecule has 2 aliphatic heterocycles. The van der Waals surface area contributed by atoms with Crippen molar-refractivity contribution in [3.63, 3.8) is 0 Å². The SMILES string of the molecule is CC(C)(c1cccc2c1O2)c1cccc2c1O2. The summed E-state index contributed by atoms with van der Waals surface area (Å²) < 4.78 is 11.0. The highest BCUT2D eigenvalue weighted by Crippen LogP contribution is 2.57. The van der Waals surface area contributed by atoms with Crippen molar-refractivity contribution in [2.24, 2.45) is 0 Å². The first kappa shape index (κ1) is 9.11. The zero-order valence-corrected chi connectivity index (χ0v) is 9.78. The highest BCUT2D eigenvalue weighted by atomic mass is 16.6. The summed E-state index contributed by atoms with van der Waals surface area (Å²) in [7, 11) is 0. The van der Waals surface area contributed by atoms with Crippen molar-refractivity contribution in [3.8, 4) is 23.0 Å². The van der Waals surface area contributed by atoms with Crippen LogP contribution in [-0.2, 0) is 5.41 Å². The van der Waals surface area contributed by atoms with Crippen molar-refractivity contribution in [1.29, 1.82) is 0 Å². The molecule has 0 unspecified atom stereocenters. The third-order valence-electron chi connectivity index (χ3n) is 3.65. The van der Waals surface area contributed by atoms with Crippen molar-refractivity contribution in [3.05, 3.63) is 47.5 Å². The molecule has 17 heavy (non-hydrogen) atoms. The summed E-state index contributed by atoms with van der Waals surface area (Å²) in [4.78, 5) is 0. The Labute approximate surface area is 99.8 Å². The van der Waals surface area contributed by atoms with Crippen LogP contribution >= 0.6 is 0 Å². The molecule has 2 aromatic rings. The molecule has 2 heteroatoms. The number of ether oxygens (including phenoxy) is 2. The van der Waals surface area contributed by atoms with Gasteiger partial charge in [0, 0.05) is 16.5 Å². The van der Waals surface area contributed by atoms with Crippen LogP contribution in [0.1, 0.15) is 25.0 Å². The van der Waals surface area contributed by atoms with Crippen molar-refractivity contribution in [2.75, 3.05) is 0 Å². The lowest BCUT2D eigenvalue weighted by Crippen LogP contribution is -2.17. The molecular formula is C15H12O2. The monoisotopic (exact) mass is 224 g/mol. The minimum atomic E-state index is -0.0797. The Morgan fingerprint density at radius 3 is 1.71 bits per heavy atom. The summed E-state index contributed by atoms with van der Waals surface area (Å²) >= 11 is 0. The summed E-state index contributed by atoms with van der Waals surface area (Å²) in [6.45, 7) is 4.42. The van der Waals surface area contributed by atoms with Crippen LogP contribution in [0.25, 0.3) is 0 Å². The van der Waals surface area contributed by atoms with E-state index in [0.717, 1.165) is 23.0 Å². The molecule has 0 fully saturated rings. The summed E-state index contributed by atoms with van der Waals surface area (Å²) in [6, 6.07) is 12.4. The van der Waals surface area contributed by atoms with Crippen LogP contribution in [0.2, 0.25) is 0 Å². The van der Waals surface area contributed by atoms with E-state index in [4.69, 9.17) is 9.47 Å². The lowest BCUT2D eigenvalue weighted by molar-refractivity contribution is 0.579. The van der Waals surface area contributed by atoms with Gasteiger partial charge in [-0.3, -0.25) is 0 Å². The van der Waals surface area contributed by atoms with Gasteiger partial charge in [-0.25, -0.2) is 0 Å². The first-order valence-electron chi connectivity index (χ1n) is 5.80. The van der Waals surface area contributed by atoms with E-state index in [1.807, 2.05) is 24.3 Å². The smallest absolute Gasteiger partial charge is 0.174 e. The first-order chi connectivity index (χ1) is 8.18. The van der Waals surface area contributed by atoms with Gasteiger partial charge in [0.15, 0.2) is 23.0 Å². The maximum atomic E-state index is 5.49. The van der Waals surface area contributed by atoms with E-state index >= 15 is 0 Å². The quantitative estimate of drug-likeness (QED) is 0.476. The van der Waals surface area contributed by atoms with Crippen LogP contribution in [0.3, 0.4) is 0 Å². The maximum absolute atomic E-state index is 5.49. The molecule has 0 spiro atoms. The van der Waals surface area contributed by atoms with Gasteiger partial charge in [0.05, 0.1) is 0 Å². The Bertz CT molecular complexity index is 586. The number of benzene rings is 2. The van der Waals surface area contributed by atoms with Gasteiger partial charge in [-0.2, -0.15) is 0 Å². The average Bonchev–Trinajstić information content (AvgIpc) is 3.19. The number of fused-ring (bicyclic) bond motifs is 2. The van der Waals surface area contributed by atoms with E-state index < -0.39 is 0 Å². The van der Waals surface area contributed by atoms with Gasteiger partial charge in [-0.15, -0.1) is 0 Å². The minimum absolute atomic E-state index is 0.0797. The van der Waals surface area contributed by atoms with Crippen LogP contribution in [0, 0.1) is 0 Å². The average molecular weight is 224 g/mol. The molecule has 0 N–H and O–H groups in total. The van der Waals surface area contributed by atoms with Gasteiger partial charge in [-0.1, -0.05) is 38.1 Å². The molecule has 0 amide bonds. The molecule has 2 aromatic carbocycles. The molecule has 0 saturated heterocycles. The van der Waals surface area contributed by atoms with Crippen LogP contribution in [0.15, 0.2) is 36.4 Å². The van der Waals surface area contributed by atoms with Gasteiger partial charge < -0.3 is 9.47 Å². The van der Waals surface area contributed by atoms with Gasteiger partial charge in [0.25, 0.3) is 0 Å². The molecule has 2 aliphatic rings. The molecule has 0 aliphatic carbocycles. The van der Waals surface area contributed by atoms with Crippen molar-refractivity contribution < 1.29 is 9.47 Å². The van der Waals surface area contributed by atoms with Gasteiger partial charge in [-0.05, 0) is 12.1 Å². The standard InChI is InChI=1S/C15H12O2/c1-15(2,9-5-3-7-11-13(9)16-11)10-6-4-8-12-14(10)17-12/h3-8H,1-2H3. The molecule has 2 heterocycles. The van der Waals surface area contributed by atoms with Gasteiger partial charge in [0.1, 0.15) is 0 Å². The Kier molecular flexibility index (Phi) is 1.42. The van der Waals surface area contributed by atoms with E-state index in [1.165, 1.54) is 11.1 Å². The predicted octanol–water partition coefficient (Wildman–Crippen LogP) is 4.22. The summed E-state index contributed by atoms with van der Waals surface area (Å²) in [5.74, 6) is 4.09. The second-order valence-electron chi connectivity index (χ2n) is 5.09. The van der Waals surface area contributed by atoms with Crippen LogP contribution in [0.4, 0.5) is 0 Å². The second kappa shape index (κ2) is 2.65. The number of hydrogen-bond donors (Lipinski definition) is 0. The first-order valence-corrected chi connectivity index (χ1v) is 5.80. The third-order valence-corrected chi connectivity index (χ3v) is 3.65. The Morgan fingerprint density at radius 2 is 1.24 bits per heavy atom. The Hall–Kier alpha value is -1.96. The lowest BCUT2D eigenvalue weighted by atomic mass is 9.78. The molecule has 0 atom stereocenters.